The Balaban J connectivity index is 0.00000289. The molecule has 9 heteroatoms. The van der Waals surface area contributed by atoms with E-state index in [9.17, 15) is 9.59 Å². The first-order valence-electron chi connectivity index (χ1n) is 10.0. The molecule has 3 heterocycles. The van der Waals surface area contributed by atoms with E-state index in [2.05, 4.69) is 9.97 Å². The lowest BCUT2D eigenvalue weighted by Gasteiger charge is -2.29. The third-order valence-electron chi connectivity index (χ3n) is 5.17. The van der Waals surface area contributed by atoms with Gasteiger partial charge in [0.25, 0.3) is 5.91 Å². The summed E-state index contributed by atoms with van der Waals surface area (Å²) in [6.45, 7) is 1.28. The van der Waals surface area contributed by atoms with Crippen LogP contribution in [0.25, 0.3) is 23.3 Å². The lowest BCUT2D eigenvalue weighted by molar-refractivity contribution is -0.127. The monoisotopic (exact) mass is 454 g/mol. The number of piperidine rings is 1. The van der Waals surface area contributed by atoms with Gasteiger partial charge in [-0.25, -0.2) is 15.4 Å². The number of aromatic nitrogens is 2. The normalized spacial score (nSPS) is 14.7. The van der Waals surface area contributed by atoms with E-state index in [1.807, 2.05) is 29.2 Å². The van der Waals surface area contributed by atoms with E-state index in [1.54, 1.807) is 24.3 Å². The van der Waals surface area contributed by atoms with Crippen molar-refractivity contribution in [1.82, 2.24) is 20.3 Å². The van der Waals surface area contributed by atoms with E-state index in [4.69, 9.17) is 9.62 Å². The van der Waals surface area contributed by atoms with Crippen molar-refractivity contribution in [1.29, 1.82) is 0 Å². The van der Waals surface area contributed by atoms with Crippen molar-refractivity contribution in [3.05, 3.63) is 71.9 Å². The Bertz CT molecular complexity index is 1120. The molecule has 0 atom stereocenters. The van der Waals surface area contributed by atoms with Crippen LogP contribution in [0, 0.1) is 0 Å². The molecule has 2 amide bonds. The third-order valence-corrected chi connectivity index (χ3v) is 5.17. The van der Waals surface area contributed by atoms with Crippen LogP contribution >= 0.6 is 12.4 Å². The van der Waals surface area contributed by atoms with Gasteiger partial charge in [0.05, 0.1) is 11.4 Å². The molecule has 0 bridgehead atoms. The Labute approximate surface area is 191 Å². The van der Waals surface area contributed by atoms with E-state index in [0.717, 1.165) is 29.8 Å². The van der Waals surface area contributed by atoms with E-state index >= 15 is 0 Å². The molecule has 3 aromatic rings. The summed E-state index contributed by atoms with van der Waals surface area (Å²) in [5.41, 5.74) is 4.31. The van der Waals surface area contributed by atoms with Gasteiger partial charge in [-0.2, -0.15) is 0 Å². The molecule has 0 unspecified atom stereocenters. The van der Waals surface area contributed by atoms with Crippen LogP contribution in [-0.2, 0) is 9.59 Å². The van der Waals surface area contributed by atoms with E-state index in [-0.39, 0.29) is 24.2 Å². The maximum Gasteiger partial charge on any atom is 0.267 e. The van der Waals surface area contributed by atoms with Gasteiger partial charge in [-0.15, -0.1) is 12.4 Å². The number of hydrogen-bond acceptors (Lipinski definition) is 6. The number of oxazole rings is 1. The van der Waals surface area contributed by atoms with Crippen LogP contribution in [0.1, 0.15) is 36.0 Å². The molecule has 1 aliphatic rings. The SMILES string of the molecule is Cl.O=C(C=Cc1cccc(C=CC(=O)N2CCC(c3nc4ccccc4o3)CC2)n1)NO. The van der Waals surface area contributed by atoms with Crippen molar-refractivity contribution < 1.29 is 19.2 Å². The average Bonchev–Trinajstić information content (AvgIpc) is 3.26. The number of pyridine rings is 1. The molecular formula is C23H23ClN4O4. The number of halogens is 1. The smallest absolute Gasteiger partial charge is 0.267 e. The predicted octanol–water partition coefficient (Wildman–Crippen LogP) is 3.58. The maximum atomic E-state index is 12.6. The van der Waals surface area contributed by atoms with Crippen molar-refractivity contribution in [2.24, 2.45) is 0 Å². The Morgan fingerprint density at radius 3 is 2.38 bits per heavy atom. The summed E-state index contributed by atoms with van der Waals surface area (Å²) < 4.78 is 5.88. The minimum absolute atomic E-state index is 0. The number of nitrogens with zero attached hydrogens (tertiary/aromatic N) is 3. The van der Waals surface area contributed by atoms with Crippen molar-refractivity contribution in [3.8, 4) is 0 Å². The number of nitrogens with one attached hydrogen (secondary N) is 1. The van der Waals surface area contributed by atoms with Crippen LogP contribution < -0.4 is 5.48 Å². The van der Waals surface area contributed by atoms with Gasteiger partial charge in [0.15, 0.2) is 11.5 Å². The molecular weight excluding hydrogens is 432 g/mol. The largest absolute Gasteiger partial charge is 0.440 e. The highest BCUT2D eigenvalue weighted by molar-refractivity contribution is 5.92. The molecule has 1 fully saturated rings. The molecule has 1 saturated heterocycles. The zero-order chi connectivity index (χ0) is 21.6. The van der Waals surface area contributed by atoms with Crippen molar-refractivity contribution in [3.63, 3.8) is 0 Å². The lowest BCUT2D eigenvalue weighted by Crippen LogP contribution is -2.36. The van der Waals surface area contributed by atoms with Crippen LogP contribution in [0.5, 0.6) is 0 Å². The molecule has 0 spiro atoms. The van der Waals surface area contributed by atoms with E-state index < -0.39 is 5.91 Å². The number of hydroxylamine groups is 1. The number of likely N-dealkylation sites (tertiary alicyclic amines) is 1. The highest BCUT2D eigenvalue weighted by atomic mass is 35.5. The van der Waals surface area contributed by atoms with Crippen LogP contribution in [0.15, 0.2) is 59.0 Å². The fraction of sp³-hybridized carbons (Fsp3) is 0.217. The Morgan fingerprint density at radius 1 is 1.00 bits per heavy atom. The number of hydrogen-bond donors (Lipinski definition) is 2. The number of rotatable bonds is 5. The number of amides is 2. The van der Waals surface area contributed by atoms with Gasteiger partial charge in [0.2, 0.25) is 5.91 Å². The summed E-state index contributed by atoms with van der Waals surface area (Å²) in [6.07, 6.45) is 7.41. The second-order valence-corrected chi connectivity index (χ2v) is 7.25. The number of fused-ring (bicyclic) bond motifs is 1. The number of benzene rings is 1. The van der Waals surface area contributed by atoms with Crippen LogP contribution in [-0.4, -0.2) is 45.0 Å². The topological polar surface area (TPSA) is 109 Å². The van der Waals surface area contributed by atoms with Gasteiger partial charge in [0.1, 0.15) is 5.52 Å². The molecule has 0 saturated carbocycles. The van der Waals surface area contributed by atoms with Crippen molar-refractivity contribution in [2.75, 3.05) is 13.1 Å². The van der Waals surface area contributed by atoms with E-state index in [0.29, 0.717) is 24.5 Å². The Morgan fingerprint density at radius 2 is 1.69 bits per heavy atom. The highest BCUT2D eigenvalue weighted by Gasteiger charge is 2.26. The van der Waals surface area contributed by atoms with Crippen molar-refractivity contribution >= 4 is 47.5 Å². The molecule has 166 valence electrons. The summed E-state index contributed by atoms with van der Waals surface area (Å²) in [4.78, 5) is 34.4. The van der Waals surface area contributed by atoms with Crippen molar-refractivity contribution in [2.45, 2.75) is 18.8 Å². The third kappa shape index (κ3) is 5.60. The van der Waals surface area contributed by atoms with Gasteiger partial charge < -0.3 is 9.32 Å². The summed E-state index contributed by atoms with van der Waals surface area (Å²) in [5.74, 6) is 0.243. The summed E-state index contributed by atoms with van der Waals surface area (Å²) in [6, 6.07) is 13.0. The van der Waals surface area contributed by atoms with Crippen LogP contribution in [0.2, 0.25) is 0 Å². The molecule has 2 aromatic heterocycles. The zero-order valence-electron chi connectivity index (χ0n) is 17.2. The first-order valence-corrected chi connectivity index (χ1v) is 10.0. The fourth-order valence-electron chi connectivity index (χ4n) is 3.53. The standard InChI is InChI=1S/C23H22N4O4.ClH/c28-21(26-30)10-8-17-4-3-5-18(24-17)9-11-22(29)27-14-12-16(13-15-27)23-25-19-6-1-2-7-20(19)31-23;/h1-11,16,30H,12-15H2,(H,26,28);1H. The first kappa shape index (κ1) is 23.2. The summed E-state index contributed by atoms with van der Waals surface area (Å²) in [5, 5.41) is 8.52. The summed E-state index contributed by atoms with van der Waals surface area (Å²) in [7, 11) is 0. The van der Waals surface area contributed by atoms with Gasteiger partial charge >= 0.3 is 0 Å². The van der Waals surface area contributed by atoms with Crippen LogP contribution in [0.4, 0.5) is 0 Å². The second kappa shape index (κ2) is 10.7. The quantitative estimate of drug-likeness (QED) is 0.346. The van der Waals surface area contributed by atoms with Crippen LogP contribution in [0.3, 0.4) is 0 Å². The molecule has 0 aliphatic carbocycles. The molecule has 0 radical (unpaired) electrons. The maximum absolute atomic E-state index is 12.6. The zero-order valence-corrected chi connectivity index (χ0v) is 18.0. The number of carbonyl (C=O) groups is 2. The minimum atomic E-state index is -0.640. The van der Waals surface area contributed by atoms with Gasteiger partial charge in [-0.1, -0.05) is 18.2 Å². The molecule has 1 aliphatic heterocycles. The number of carbonyl (C=O) groups excluding carboxylic acids is 2. The Kier molecular flexibility index (Phi) is 7.75. The average molecular weight is 455 g/mol. The van der Waals surface area contributed by atoms with Gasteiger partial charge in [0, 0.05) is 31.2 Å². The summed E-state index contributed by atoms with van der Waals surface area (Å²) >= 11 is 0. The molecule has 1 aromatic carbocycles. The first-order chi connectivity index (χ1) is 15.1. The molecule has 4 rings (SSSR count). The number of para-hydroxylation sites is 2. The molecule has 32 heavy (non-hydrogen) atoms. The molecule has 8 nitrogen and oxygen atoms in total. The Hall–Kier alpha value is -3.49. The highest BCUT2D eigenvalue weighted by Crippen LogP contribution is 2.30. The lowest BCUT2D eigenvalue weighted by atomic mass is 9.96. The minimum Gasteiger partial charge on any atom is -0.440 e. The fourth-order valence-corrected chi connectivity index (χ4v) is 3.53. The molecule has 2 N–H and O–H groups in total. The predicted molar refractivity (Wildman–Crippen MR) is 122 cm³/mol. The van der Waals surface area contributed by atoms with E-state index in [1.165, 1.54) is 23.7 Å². The van der Waals surface area contributed by atoms with Gasteiger partial charge in [-0.3, -0.25) is 14.8 Å². The second-order valence-electron chi connectivity index (χ2n) is 7.25. The van der Waals surface area contributed by atoms with Gasteiger partial charge in [-0.05, 0) is 49.3 Å².